The van der Waals surface area contributed by atoms with E-state index >= 15 is 0 Å². The van der Waals surface area contributed by atoms with E-state index in [0.717, 1.165) is 12.8 Å². The van der Waals surface area contributed by atoms with Crippen molar-refractivity contribution in [1.82, 2.24) is 15.5 Å². The number of hydrogen-bond donors (Lipinski definition) is 1. The van der Waals surface area contributed by atoms with E-state index < -0.39 is 0 Å². The fraction of sp³-hybridized carbons (Fsp3) is 0.833. The first-order valence-electron chi connectivity index (χ1n) is 6.43. The van der Waals surface area contributed by atoms with Crippen molar-refractivity contribution in [2.45, 2.75) is 57.8 Å². The molecule has 5 heteroatoms. The van der Waals surface area contributed by atoms with Gasteiger partial charge in [-0.1, -0.05) is 19.8 Å². The van der Waals surface area contributed by atoms with Crippen LogP contribution in [0, 0.1) is 0 Å². The molecule has 0 spiro atoms. The lowest BCUT2D eigenvalue weighted by atomic mass is 9.92. The molecule has 1 N–H and O–H groups in total. The highest BCUT2D eigenvalue weighted by Gasteiger charge is 2.24. The Bertz CT molecular complexity index is 340. The van der Waals surface area contributed by atoms with Crippen LogP contribution in [-0.2, 0) is 17.8 Å². The summed E-state index contributed by atoms with van der Waals surface area (Å²) >= 11 is 0. The van der Waals surface area contributed by atoms with Crippen molar-refractivity contribution >= 4 is 0 Å². The third-order valence-electron chi connectivity index (χ3n) is 3.31. The summed E-state index contributed by atoms with van der Waals surface area (Å²) < 4.78 is 11.3. The van der Waals surface area contributed by atoms with Gasteiger partial charge in [0.25, 0.3) is 0 Å². The van der Waals surface area contributed by atoms with E-state index in [1.54, 1.807) is 0 Å². The summed E-state index contributed by atoms with van der Waals surface area (Å²) in [5.41, 5.74) is 0. The third-order valence-corrected chi connectivity index (χ3v) is 3.31. The molecule has 0 radical (unpaired) electrons. The molecule has 5 nitrogen and oxygen atoms in total. The molecule has 2 rings (SSSR count). The lowest BCUT2D eigenvalue weighted by Gasteiger charge is -2.30. The second kappa shape index (κ2) is 6.12. The molecule has 1 aliphatic carbocycles. The minimum Gasteiger partial charge on any atom is -0.423 e. The number of likely N-dealkylation sites (N-methyl/N-ethyl adjacent to an activating group) is 1. The van der Waals surface area contributed by atoms with Gasteiger partial charge in [-0.3, -0.25) is 0 Å². The van der Waals surface area contributed by atoms with Crippen molar-refractivity contribution in [3.63, 3.8) is 0 Å². The van der Waals surface area contributed by atoms with Gasteiger partial charge in [-0.25, -0.2) is 0 Å². The highest BCUT2D eigenvalue weighted by atomic mass is 16.5. The van der Waals surface area contributed by atoms with Gasteiger partial charge in [0.1, 0.15) is 6.61 Å². The highest BCUT2D eigenvalue weighted by molar-refractivity contribution is 4.83. The Kier molecular flexibility index (Phi) is 4.50. The molecular formula is C12H21N3O2. The quantitative estimate of drug-likeness (QED) is 0.847. The molecule has 96 valence electrons. The largest absolute Gasteiger partial charge is 0.423 e. The van der Waals surface area contributed by atoms with Crippen LogP contribution in [0.2, 0.25) is 0 Å². The van der Waals surface area contributed by atoms with Crippen molar-refractivity contribution in [1.29, 1.82) is 0 Å². The number of aryl methyl sites for hydroxylation is 1. The molecule has 0 saturated heterocycles. The van der Waals surface area contributed by atoms with E-state index in [1.807, 2.05) is 14.0 Å². The molecule has 0 aliphatic heterocycles. The number of rotatable bonds is 5. The van der Waals surface area contributed by atoms with E-state index in [2.05, 4.69) is 15.5 Å². The summed E-state index contributed by atoms with van der Waals surface area (Å²) in [6.07, 6.45) is 5.87. The Morgan fingerprint density at radius 2 is 2.06 bits per heavy atom. The first-order chi connectivity index (χ1) is 8.33. The first kappa shape index (κ1) is 12.5. The zero-order valence-corrected chi connectivity index (χ0v) is 10.6. The van der Waals surface area contributed by atoms with Crippen LogP contribution >= 0.6 is 0 Å². The van der Waals surface area contributed by atoms with Crippen molar-refractivity contribution < 1.29 is 9.15 Å². The average Bonchev–Trinajstić information content (AvgIpc) is 2.84. The summed E-state index contributed by atoms with van der Waals surface area (Å²) in [7, 11) is 1.99. The molecule has 17 heavy (non-hydrogen) atoms. The highest BCUT2D eigenvalue weighted by Crippen LogP contribution is 2.21. The maximum Gasteiger partial charge on any atom is 0.242 e. The number of nitrogens with zero attached hydrogens (tertiary/aromatic N) is 2. The first-order valence-corrected chi connectivity index (χ1v) is 6.43. The second-order valence-corrected chi connectivity index (χ2v) is 4.47. The third kappa shape index (κ3) is 3.26. The van der Waals surface area contributed by atoms with Crippen molar-refractivity contribution in [3.8, 4) is 0 Å². The van der Waals surface area contributed by atoms with Gasteiger partial charge in [-0.05, 0) is 19.9 Å². The number of hydrogen-bond acceptors (Lipinski definition) is 5. The van der Waals surface area contributed by atoms with E-state index in [0.29, 0.717) is 24.4 Å². The molecule has 1 aliphatic rings. The SMILES string of the molecule is CCc1nnc(COC2CCCCC2NC)o1. The summed E-state index contributed by atoms with van der Waals surface area (Å²) in [5, 5.41) is 11.2. The van der Waals surface area contributed by atoms with E-state index in [-0.39, 0.29) is 6.10 Å². The van der Waals surface area contributed by atoms with Crippen molar-refractivity contribution in [3.05, 3.63) is 11.8 Å². The molecule has 1 heterocycles. The Labute approximate surface area is 102 Å². The maximum absolute atomic E-state index is 5.87. The number of aromatic nitrogens is 2. The van der Waals surface area contributed by atoms with Gasteiger partial charge in [0.2, 0.25) is 11.8 Å². The number of ether oxygens (including phenoxy) is 1. The van der Waals surface area contributed by atoms with E-state index in [1.165, 1.54) is 19.3 Å². The average molecular weight is 239 g/mol. The fourth-order valence-electron chi connectivity index (χ4n) is 2.29. The van der Waals surface area contributed by atoms with Crippen LogP contribution in [0.1, 0.15) is 44.4 Å². The molecule has 0 bridgehead atoms. The van der Waals surface area contributed by atoms with Gasteiger partial charge in [-0.2, -0.15) is 0 Å². The van der Waals surface area contributed by atoms with Gasteiger partial charge in [0.15, 0.2) is 0 Å². The van der Waals surface area contributed by atoms with Gasteiger partial charge in [-0.15, -0.1) is 10.2 Å². The summed E-state index contributed by atoms with van der Waals surface area (Å²) in [6.45, 7) is 2.42. The zero-order valence-electron chi connectivity index (χ0n) is 10.6. The predicted octanol–water partition coefficient (Wildman–Crippen LogP) is 1.68. The lowest BCUT2D eigenvalue weighted by Crippen LogP contribution is -2.41. The predicted molar refractivity (Wildman–Crippen MR) is 63.6 cm³/mol. The normalized spacial score (nSPS) is 25.1. The molecule has 1 aromatic rings. The molecule has 2 unspecified atom stereocenters. The van der Waals surface area contributed by atoms with Crippen LogP contribution in [0.25, 0.3) is 0 Å². The Hall–Kier alpha value is -0.940. The molecule has 1 saturated carbocycles. The Balaban J connectivity index is 1.83. The van der Waals surface area contributed by atoms with Crippen LogP contribution in [0.15, 0.2) is 4.42 Å². The topological polar surface area (TPSA) is 60.2 Å². The molecule has 0 aromatic carbocycles. The molecule has 1 aromatic heterocycles. The smallest absolute Gasteiger partial charge is 0.242 e. The van der Waals surface area contributed by atoms with Crippen LogP contribution < -0.4 is 5.32 Å². The Morgan fingerprint density at radius 3 is 2.76 bits per heavy atom. The van der Waals surface area contributed by atoms with Gasteiger partial charge in [0, 0.05) is 12.5 Å². The van der Waals surface area contributed by atoms with Crippen molar-refractivity contribution in [2.75, 3.05) is 7.05 Å². The van der Waals surface area contributed by atoms with E-state index in [9.17, 15) is 0 Å². The molecule has 2 atom stereocenters. The van der Waals surface area contributed by atoms with Crippen LogP contribution in [-0.4, -0.2) is 29.4 Å². The van der Waals surface area contributed by atoms with E-state index in [4.69, 9.17) is 9.15 Å². The summed E-state index contributed by atoms with van der Waals surface area (Å²) in [5.74, 6) is 1.26. The van der Waals surface area contributed by atoms with Crippen molar-refractivity contribution in [2.24, 2.45) is 0 Å². The molecular weight excluding hydrogens is 218 g/mol. The Morgan fingerprint density at radius 1 is 1.29 bits per heavy atom. The van der Waals surface area contributed by atoms with Gasteiger partial charge >= 0.3 is 0 Å². The minimum absolute atomic E-state index is 0.269. The summed E-state index contributed by atoms with van der Waals surface area (Å²) in [4.78, 5) is 0. The number of nitrogens with one attached hydrogen (secondary N) is 1. The monoisotopic (exact) mass is 239 g/mol. The standard InChI is InChI=1S/C12H21N3O2/c1-3-11-14-15-12(17-11)8-16-10-7-5-4-6-9(10)13-2/h9-10,13H,3-8H2,1-2H3. The maximum atomic E-state index is 5.87. The van der Waals surface area contributed by atoms with Gasteiger partial charge in [0.05, 0.1) is 6.10 Å². The second-order valence-electron chi connectivity index (χ2n) is 4.47. The molecule has 1 fully saturated rings. The van der Waals surface area contributed by atoms with Crippen LogP contribution in [0.5, 0.6) is 0 Å². The zero-order chi connectivity index (χ0) is 12.1. The van der Waals surface area contributed by atoms with Gasteiger partial charge < -0.3 is 14.5 Å². The minimum atomic E-state index is 0.269. The lowest BCUT2D eigenvalue weighted by molar-refractivity contribution is -0.0127. The van der Waals surface area contributed by atoms with Crippen LogP contribution in [0.3, 0.4) is 0 Å². The fourth-order valence-corrected chi connectivity index (χ4v) is 2.29. The molecule has 0 amide bonds. The summed E-state index contributed by atoms with van der Waals surface area (Å²) in [6, 6.07) is 0.456. The van der Waals surface area contributed by atoms with Crippen LogP contribution in [0.4, 0.5) is 0 Å².